The number of benzene rings is 1. The van der Waals surface area contributed by atoms with Crippen LogP contribution in [0.25, 0.3) is 0 Å². The monoisotopic (exact) mass is 262 g/mol. The molecule has 106 valence electrons. The molecule has 1 aromatic rings. The average molecular weight is 262 g/mol. The maximum absolute atomic E-state index is 9.29. The van der Waals surface area contributed by atoms with Gasteiger partial charge in [0.25, 0.3) is 0 Å². The smallest absolute Gasteiger partial charge is 0.0558 e. The van der Waals surface area contributed by atoms with E-state index in [1.807, 2.05) is 0 Å². The molecule has 3 heteroatoms. The molecule has 0 unspecified atom stereocenters. The third-order valence-corrected chi connectivity index (χ3v) is 4.15. The molecular weight excluding hydrogens is 236 g/mol. The molecule has 2 N–H and O–H groups in total. The molecule has 0 saturated heterocycles. The van der Waals surface area contributed by atoms with Gasteiger partial charge in [-0.3, -0.25) is 4.90 Å². The highest BCUT2D eigenvalue weighted by Gasteiger charge is 2.19. The summed E-state index contributed by atoms with van der Waals surface area (Å²) in [7, 11) is 0. The Balaban J connectivity index is 2.15. The predicted molar refractivity (Wildman–Crippen MR) is 80.5 cm³/mol. The second-order valence-electron chi connectivity index (χ2n) is 5.29. The summed E-state index contributed by atoms with van der Waals surface area (Å²) in [6, 6.07) is 7.14. The Labute approximate surface area is 116 Å². The Morgan fingerprint density at radius 2 is 2.11 bits per heavy atom. The van der Waals surface area contributed by atoms with E-state index >= 15 is 0 Å². The number of hydrogen-bond acceptors (Lipinski definition) is 3. The normalized spacial score (nSPS) is 13.9. The van der Waals surface area contributed by atoms with Crippen molar-refractivity contribution >= 4 is 5.69 Å². The first-order valence-electron chi connectivity index (χ1n) is 7.49. The van der Waals surface area contributed by atoms with Crippen LogP contribution in [-0.2, 0) is 13.0 Å². The molecule has 0 amide bonds. The predicted octanol–water partition coefficient (Wildman–Crippen LogP) is 2.64. The molecule has 1 aliphatic heterocycles. The van der Waals surface area contributed by atoms with Crippen LogP contribution >= 0.6 is 0 Å². The Bertz CT molecular complexity index is 402. The number of nitrogens with zero attached hydrogens (tertiary/aromatic N) is 1. The number of anilines is 1. The number of para-hydroxylation sites is 1. The minimum atomic E-state index is 0.235. The quantitative estimate of drug-likeness (QED) is 0.793. The second kappa shape index (κ2) is 6.92. The van der Waals surface area contributed by atoms with Gasteiger partial charge in [-0.05, 0) is 30.4 Å². The molecule has 19 heavy (non-hydrogen) atoms. The van der Waals surface area contributed by atoms with Gasteiger partial charge in [-0.2, -0.15) is 0 Å². The Morgan fingerprint density at radius 3 is 2.79 bits per heavy atom. The number of hydrogen-bond donors (Lipinski definition) is 2. The molecule has 1 aliphatic rings. The lowest BCUT2D eigenvalue weighted by molar-refractivity contribution is 0.137. The van der Waals surface area contributed by atoms with Crippen LogP contribution < -0.4 is 5.32 Å². The Hall–Kier alpha value is -1.06. The zero-order valence-electron chi connectivity index (χ0n) is 12.2. The highest BCUT2D eigenvalue weighted by Crippen LogP contribution is 2.28. The van der Waals surface area contributed by atoms with E-state index in [0.29, 0.717) is 6.04 Å². The SMILES string of the molecule is CCC(CC)N(CCO)Cc1cccc2c1NCC2. The molecule has 0 bridgehead atoms. The summed E-state index contributed by atoms with van der Waals surface area (Å²) < 4.78 is 0. The lowest BCUT2D eigenvalue weighted by atomic mass is 10.0. The van der Waals surface area contributed by atoms with Crippen LogP contribution in [0.1, 0.15) is 37.8 Å². The van der Waals surface area contributed by atoms with Gasteiger partial charge in [-0.1, -0.05) is 32.0 Å². The largest absolute Gasteiger partial charge is 0.395 e. The minimum Gasteiger partial charge on any atom is -0.395 e. The van der Waals surface area contributed by atoms with Gasteiger partial charge in [0.2, 0.25) is 0 Å². The van der Waals surface area contributed by atoms with Crippen LogP contribution in [0.4, 0.5) is 5.69 Å². The molecule has 0 aliphatic carbocycles. The number of aliphatic hydroxyl groups is 1. The van der Waals surface area contributed by atoms with Crippen molar-refractivity contribution < 1.29 is 5.11 Å². The van der Waals surface area contributed by atoms with E-state index in [9.17, 15) is 5.11 Å². The fourth-order valence-corrected chi connectivity index (χ4v) is 3.09. The van der Waals surface area contributed by atoms with Crippen molar-refractivity contribution in [3.63, 3.8) is 0 Å². The van der Waals surface area contributed by atoms with Gasteiger partial charge < -0.3 is 10.4 Å². The van der Waals surface area contributed by atoms with E-state index in [4.69, 9.17) is 0 Å². The fraction of sp³-hybridized carbons (Fsp3) is 0.625. The highest BCUT2D eigenvalue weighted by molar-refractivity contribution is 5.61. The Morgan fingerprint density at radius 1 is 1.32 bits per heavy atom. The lowest BCUT2D eigenvalue weighted by Crippen LogP contribution is -2.36. The summed E-state index contributed by atoms with van der Waals surface area (Å²) in [5, 5.41) is 12.8. The van der Waals surface area contributed by atoms with Gasteiger partial charge in [0.05, 0.1) is 6.61 Å². The lowest BCUT2D eigenvalue weighted by Gasteiger charge is -2.30. The molecule has 0 fully saturated rings. The molecule has 2 rings (SSSR count). The summed E-state index contributed by atoms with van der Waals surface area (Å²) in [5.74, 6) is 0. The van der Waals surface area contributed by atoms with Crippen molar-refractivity contribution in [1.29, 1.82) is 0 Å². The average Bonchev–Trinajstić information content (AvgIpc) is 2.89. The van der Waals surface area contributed by atoms with E-state index in [1.54, 1.807) is 0 Å². The molecular formula is C16H26N2O. The molecule has 1 heterocycles. The third-order valence-electron chi connectivity index (χ3n) is 4.15. The summed E-state index contributed by atoms with van der Waals surface area (Å²) in [6.45, 7) is 7.44. The number of rotatable bonds is 7. The number of nitrogens with one attached hydrogen (secondary N) is 1. The maximum Gasteiger partial charge on any atom is 0.0558 e. The van der Waals surface area contributed by atoms with Crippen LogP contribution in [0.5, 0.6) is 0 Å². The zero-order valence-corrected chi connectivity index (χ0v) is 12.2. The topological polar surface area (TPSA) is 35.5 Å². The van der Waals surface area contributed by atoms with Crippen molar-refractivity contribution in [3.8, 4) is 0 Å². The van der Waals surface area contributed by atoms with Gasteiger partial charge in [0.15, 0.2) is 0 Å². The van der Waals surface area contributed by atoms with Crippen molar-refractivity contribution in [2.24, 2.45) is 0 Å². The first-order valence-corrected chi connectivity index (χ1v) is 7.49. The highest BCUT2D eigenvalue weighted by atomic mass is 16.3. The first-order chi connectivity index (χ1) is 9.30. The molecule has 0 radical (unpaired) electrons. The summed E-state index contributed by atoms with van der Waals surface area (Å²) in [5.41, 5.74) is 4.14. The maximum atomic E-state index is 9.29. The standard InChI is InChI=1S/C16H26N2O/c1-3-15(4-2)18(10-11-19)12-14-7-5-6-13-8-9-17-16(13)14/h5-7,15,17,19H,3-4,8-12H2,1-2H3. The minimum absolute atomic E-state index is 0.235. The van der Waals surface area contributed by atoms with Crippen LogP contribution in [0.15, 0.2) is 18.2 Å². The first kappa shape index (κ1) is 14.4. The molecule has 0 aromatic heterocycles. The van der Waals surface area contributed by atoms with Gasteiger partial charge >= 0.3 is 0 Å². The molecule has 3 nitrogen and oxygen atoms in total. The van der Waals surface area contributed by atoms with Gasteiger partial charge in [0.1, 0.15) is 0 Å². The van der Waals surface area contributed by atoms with Crippen molar-refractivity contribution in [3.05, 3.63) is 29.3 Å². The van der Waals surface area contributed by atoms with Crippen LogP contribution in [0.3, 0.4) is 0 Å². The second-order valence-corrected chi connectivity index (χ2v) is 5.29. The molecule has 0 saturated carbocycles. The third kappa shape index (κ3) is 3.28. The van der Waals surface area contributed by atoms with E-state index in [-0.39, 0.29) is 6.61 Å². The van der Waals surface area contributed by atoms with E-state index in [2.05, 4.69) is 42.3 Å². The van der Waals surface area contributed by atoms with E-state index in [0.717, 1.165) is 38.9 Å². The van der Waals surface area contributed by atoms with Gasteiger partial charge in [-0.25, -0.2) is 0 Å². The van der Waals surface area contributed by atoms with Crippen molar-refractivity contribution in [2.75, 3.05) is 25.0 Å². The van der Waals surface area contributed by atoms with Gasteiger partial charge in [0, 0.05) is 31.4 Å². The molecule has 1 aromatic carbocycles. The summed E-state index contributed by atoms with van der Waals surface area (Å²) in [4.78, 5) is 2.41. The van der Waals surface area contributed by atoms with Crippen molar-refractivity contribution in [1.82, 2.24) is 4.90 Å². The van der Waals surface area contributed by atoms with Crippen LogP contribution in [0.2, 0.25) is 0 Å². The molecule has 0 atom stereocenters. The fourth-order valence-electron chi connectivity index (χ4n) is 3.09. The Kier molecular flexibility index (Phi) is 5.23. The summed E-state index contributed by atoms with van der Waals surface area (Å²) in [6.07, 6.45) is 3.41. The van der Waals surface area contributed by atoms with E-state index in [1.165, 1.54) is 16.8 Å². The van der Waals surface area contributed by atoms with E-state index < -0.39 is 0 Å². The van der Waals surface area contributed by atoms with Gasteiger partial charge in [-0.15, -0.1) is 0 Å². The number of aliphatic hydroxyl groups excluding tert-OH is 1. The van der Waals surface area contributed by atoms with Crippen LogP contribution in [0, 0.1) is 0 Å². The van der Waals surface area contributed by atoms with Crippen LogP contribution in [-0.4, -0.2) is 35.7 Å². The summed E-state index contributed by atoms with van der Waals surface area (Å²) >= 11 is 0. The van der Waals surface area contributed by atoms with Crippen molar-refractivity contribution in [2.45, 2.75) is 45.7 Å². The number of fused-ring (bicyclic) bond motifs is 1. The molecule has 0 spiro atoms. The zero-order chi connectivity index (χ0) is 13.7.